The number of carbonyl (C=O) groups excluding carboxylic acids is 1. The molecule has 0 N–H and O–H groups in total. The molecule has 2 aromatic heterocycles. The maximum atomic E-state index is 14.2. The molecule has 0 aliphatic rings. The maximum Gasteiger partial charge on any atom is 0.185 e. The molecule has 0 radical (unpaired) electrons. The lowest BCUT2D eigenvalue weighted by Gasteiger charge is -2.07. The van der Waals surface area contributed by atoms with Gasteiger partial charge in [-0.3, -0.25) is 9.48 Å². The number of furan rings is 1. The highest BCUT2D eigenvalue weighted by Gasteiger charge is 2.11. The van der Waals surface area contributed by atoms with Crippen molar-refractivity contribution in [2.24, 2.45) is 0 Å². The Morgan fingerprint density at radius 3 is 2.79 bits per heavy atom. The van der Waals surface area contributed by atoms with Gasteiger partial charge in [0.2, 0.25) is 0 Å². The van der Waals surface area contributed by atoms with E-state index < -0.39 is 5.82 Å². The molecule has 2 heterocycles. The Hall–Kier alpha value is -2.89. The van der Waals surface area contributed by atoms with Crippen LogP contribution >= 0.6 is 0 Å². The lowest BCUT2D eigenvalue weighted by atomic mass is 10.1. The Kier molecular flexibility index (Phi) is 4.46. The molecule has 0 spiro atoms. The summed E-state index contributed by atoms with van der Waals surface area (Å²) in [7, 11) is 0. The zero-order chi connectivity index (χ0) is 17.1. The predicted octanol–water partition coefficient (Wildman–Crippen LogP) is 4.00. The molecular weight excluding hydrogens is 311 g/mol. The number of hydrogen-bond acceptors (Lipinski definition) is 4. The van der Waals surface area contributed by atoms with Crippen LogP contribution in [0.1, 0.15) is 28.7 Å². The summed E-state index contributed by atoms with van der Waals surface area (Å²) in [5, 5.41) is 4.33. The highest BCUT2D eigenvalue weighted by atomic mass is 19.1. The molecule has 0 atom stereocenters. The van der Waals surface area contributed by atoms with Crippen molar-refractivity contribution in [2.75, 3.05) is 0 Å². The molecule has 1 aromatic carbocycles. The average Bonchev–Trinajstić information content (AvgIpc) is 3.20. The van der Waals surface area contributed by atoms with Gasteiger partial charge in [-0.2, -0.15) is 5.10 Å². The van der Waals surface area contributed by atoms with Gasteiger partial charge in [0.1, 0.15) is 12.4 Å². The first-order chi connectivity index (χ1) is 11.6. The van der Waals surface area contributed by atoms with Gasteiger partial charge in [0, 0.05) is 23.9 Å². The SMILES string of the molecule is CCn1cc(COc2ccc(-c3ccc(C=O)o3)cc2F)c(C)n1. The number of rotatable bonds is 6. The Balaban J connectivity index is 1.74. The fraction of sp³-hybridized carbons (Fsp3) is 0.222. The van der Waals surface area contributed by atoms with Gasteiger partial charge in [-0.1, -0.05) is 0 Å². The number of halogens is 1. The van der Waals surface area contributed by atoms with Crippen LogP contribution in [-0.2, 0) is 13.2 Å². The standard InChI is InChI=1S/C18H17FN2O3/c1-3-21-9-14(12(2)20-21)11-23-18-6-4-13(8-16(18)19)17-7-5-15(10-22)24-17/h4-10H,3,11H2,1-2H3. The highest BCUT2D eigenvalue weighted by molar-refractivity contribution is 5.72. The number of benzene rings is 1. The molecular formula is C18H17FN2O3. The quantitative estimate of drug-likeness (QED) is 0.642. The van der Waals surface area contributed by atoms with Crippen molar-refractivity contribution in [1.29, 1.82) is 0 Å². The van der Waals surface area contributed by atoms with Crippen molar-refractivity contribution >= 4 is 6.29 Å². The topological polar surface area (TPSA) is 57.3 Å². The Morgan fingerprint density at radius 2 is 2.17 bits per heavy atom. The van der Waals surface area contributed by atoms with Crippen LogP contribution in [0.25, 0.3) is 11.3 Å². The summed E-state index contributed by atoms with van der Waals surface area (Å²) in [4.78, 5) is 10.6. The molecule has 0 aliphatic carbocycles. The van der Waals surface area contributed by atoms with Gasteiger partial charge in [0.05, 0.1) is 5.69 Å². The maximum absolute atomic E-state index is 14.2. The number of nitrogens with zero attached hydrogens (tertiary/aromatic N) is 2. The summed E-state index contributed by atoms with van der Waals surface area (Å²) in [6.07, 6.45) is 2.50. The summed E-state index contributed by atoms with van der Waals surface area (Å²) >= 11 is 0. The van der Waals surface area contributed by atoms with Crippen molar-refractivity contribution in [3.8, 4) is 17.1 Å². The fourth-order valence-corrected chi connectivity index (χ4v) is 2.36. The minimum atomic E-state index is -0.489. The third kappa shape index (κ3) is 3.22. The summed E-state index contributed by atoms with van der Waals surface area (Å²) in [5.74, 6) is 0.304. The van der Waals surface area contributed by atoms with E-state index >= 15 is 0 Å². The van der Waals surface area contributed by atoms with Crippen LogP contribution < -0.4 is 4.74 Å². The van der Waals surface area contributed by atoms with E-state index in [0.29, 0.717) is 17.6 Å². The molecule has 0 saturated heterocycles. The van der Waals surface area contributed by atoms with Gasteiger partial charge >= 0.3 is 0 Å². The van der Waals surface area contributed by atoms with Crippen molar-refractivity contribution in [3.05, 3.63) is 59.4 Å². The fourth-order valence-electron chi connectivity index (χ4n) is 2.36. The van der Waals surface area contributed by atoms with Gasteiger partial charge in [-0.15, -0.1) is 0 Å². The molecule has 0 saturated carbocycles. The smallest absolute Gasteiger partial charge is 0.185 e. The van der Waals surface area contributed by atoms with E-state index in [1.807, 2.05) is 24.7 Å². The van der Waals surface area contributed by atoms with Crippen LogP contribution in [0.5, 0.6) is 5.75 Å². The van der Waals surface area contributed by atoms with Crippen LogP contribution in [-0.4, -0.2) is 16.1 Å². The molecule has 3 rings (SSSR count). The summed E-state index contributed by atoms with van der Waals surface area (Å²) < 4.78 is 26.9. The van der Waals surface area contributed by atoms with Gasteiger partial charge in [-0.25, -0.2) is 4.39 Å². The number of aryl methyl sites for hydroxylation is 2. The van der Waals surface area contributed by atoms with Gasteiger partial charge in [-0.05, 0) is 44.2 Å². The van der Waals surface area contributed by atoms with Crippen LogP contribution in [0, 0.1) is 12.7 Å². The molecule has 0 fully saturated rings. The van der Waals surface area contributed by atoms with Gasteiger partial charge in [0.25, 0.3) is 0 Å². The summed E-state index contributed by atoms with van der Waals surface area (Å²) in [6, 6.07) is 7.73. The minimum Gasteiger partial charge on any atom is -0.486 e. The normalized spacial score (nSPS) is 10.8. The number of aldehydes is 1. The monoisotopic (exact) mass is 328 g/mol. The van der Waals surface area contributed by atoms with E-state index in [4.69, 9.17) is 9.15 Å². The molecule has 6 heteroatoms. The number of aromatic nitrogens is 2. The van der Waals surface area contributed by atoms with Crippen LogP contribution in [0.4, 0.5) is 4.39 Å². The molecule has 0 unspecified atom stereocenters. The van der Waals surface area contributed by atoms with E-state index in [1.54, 1.807) is 24.3 Å². The van der Waals surface area contributed by atoms with Gasteiger partial charge < -0.3 is 9.15 Å². The first-order valence-electron chi connectivity index (χ1n) is 7.61. The number of ether oxygens (including phenoxy) is 1. The van der Waals surface area contributed by atoms with Crippen LogP contribution in [0.2, 0.25) is 0 Å². The Bertz CT molecular complexity index is 867. The van der Waals surface area contributed by atoms with Crippen molar-refractivity contribution < 1.29 is 18.3 Å². The minimum absolute atomic E-state index is 0.157. The van der Waals surface area contributed by atoms with E-state index in [9.17, 15) is 9.18 Å². The summed E-state index contributed by atoms with van der Waals surface area (Å²) in [6.45, 7) is 4.92. The summed E-state index contributed by atoms with van der Waals surface area (Å²) in [5.41, 5.74) is 2.33. The van der Waals surface area contributed by atoms with Crippen molar-refractivity contribution in [3.63, 3.8) is 0 Å². The molecule has 0 aliphatic heterocycles. The van der Waals surface area contributed by atoms with E-state index in [0.717, 1.165) is 17.8 Å². The second kappa shape index (κ2) is 6.70. The lowest BCUT2D eigenvalue weighted by Crippen LogP contribution is -1.98. The largest absolute Gasteiger partial charge is 0.486 e. The van der Waals surface area contributed by atoms with E-state index in [2.05, 4.69) is 5.10 Å². The van der Waals surface area contributed by atoms with Crippen LogP contribution in [0.15, 0.2) is 40.9 Å². The number of carbonyl (C=O) groups is 1. The third-order valence-corrected chi connectivity index (χ3v) is 3.71. The van der Waals surface area contributed by atoms with Gasteiger partial charge in [0.15, 0.2) is 23.6 Å². The second-order valence-electron chi connectivity index (χ2n) is 5.35. The van der Waals surface area contributed by atoms with Crippen LogP contribution in [0.3, 0.4) is 0 Å². The number of hydrogen-bond donors (Lipinski definition) is 0. The molecule has 0 amide bonds. The van der Waals surface area contributed by atoms with E-state index in [1.165, 1.54) is 6.07 Å². The molecule has 5 nitrogen and oxygen atoms in total. The first-order valence-corrected chi connectivity index (χ1v) is 7.61. The Morgan fingerprint density at radius 1 is 1.33 bits per heavy atom. The third-order valence-electron chi connectivity index (χ3n) is 3.71. The predicted molar refractivity (Wildman–Crippen MR) is 86.5 cm³/mol. The molecule has 124 valence electrons. The lowest BCUT2D eigenvalue weighted by molar-refractivity contribution is 0.110. The van der Waals surface area contributed by atoms with Crippen molar-refractivity contribution in [2.45, 2.75) is 27.0 Å². The second-order valence-corrected chi connectivity index (χ2v) is 5.35. The Labute approximate surface area is 138 Å². The zero-order valence-corrected chi connectivity index (χ0v) is 13.5. The molecule has 24 heavy (non-hydrogen) atoms. The first kappa shape index (κ1) is 16.0. The molecule has 3 aromatic rings. The highest BCUT2D eigenvalue weighted by Crippen LogP contribution is 2.27. The average molecular weight is 328 g/mol. The zero-order valence-electron chi connectivity index (χ0n) is 13.5. The van der Waals surface area contributed by atoms with E-state index in [-0.39, 0.29) is 18.1 Å². The molecule has 0 bridgehead atoms. The van der Waals surface area contributed by atoms with Crippen molar-refractivity contribution in [1.82, 2.24) is 9.78 Å².